The quantitative estimate of drug-likeness (QED) is 0.632. The SMILES string of the molecule is C=C(C)C1CCC(CC)C(CCC)C1.CC(=O)C1CCC(O)CC1. The van der Waals surface area contributed by atoms with Gasteiger partial charge in [-0.05, 0) is 76.5 Å². The summed E-state index contributed by atoms with van der Waals surface area (Å²) in [6.07, 6.45) is 11.7. The van der Waals surface area contributed by atoms with Crippen LogP contribution in [0.15, 0.2) is 12.2 Å². The molecule has 2 fully saturated rings. The Balaban J connectivity index is 0.000000254. The van der Waals surface area contributed by atoms with Crippen LogP contribution in [0.25, 0.3) is 0 Å². The zero-order valence-electron chi connectivity index (χ0n) is 16.5. The van der Waals surface area contributed by atoms with Gasteiger partial charge in [0.25, 0.3) is 0 Å². The average molecular weight is 337 g/mol. The largest absolute Gasteiger partial charge is 0.393 e. The zero-order valence-corrected chi connectivity index (χ0v) is 16.5. The van der Waals surface area contributed by atoms with E-state index in [-0.39, 0.29) is 17.8 Å². The number of hydrogen-bond acceptors (Lipinski definition) is 2. The van der Waals surface area contributed by atoms with Gasteiger partial charge in [0.15, 0.2) is 0 Å². The fraction of sp³-hybridized carbons (Fsp3) is 0.864. The van der Waals surface area contributed by atoms with Gasteiger partial charge in [0, 0.05) is 5.92 Å². The Kier molecular flexibility index (Phi) is 9.88. The summed E-state index contributed by atoms with van der Waals surface area (Å²) in [5.41, 5.74) is 1.42. The molecule has 0 saturated heterocycles. The summed E-state index contributed by atoms with van der Waals surface area (Å²) in [4.78, 5) is 10.8. The van der Waals surface area contributed by atoms with Crippen LogP contribution in [0.2, 0.25) is 0 Å². The number of hydrogen-bond donors (Lipinski definition) is 1. The molecule has 3 atom stereocenters. The van der Waals surface area contributed by atoms with Crippen molar-refractivity contribution in [1.29, 1.82) is 0 Å². The minimum atomic E-state index is -0.143. The molecule has 24 heavy (non-hydrogen) atoms. The lowest BCUT2D eigenvalue weighted by Crippen LogP contribution is -2.24. The molecule has 0 aromatic heterocycles. The Morgan fingerprint density at radius 1 is 0.958 bits per heavy atom. The van der Waals surface area contributed by atoms with Crippen molar-refractivity contribution in [3.05, 3.63) is 12.2 Å². The fourth-order valence-corrected chi connectivity index (χ4v) is 4.52. The summed E-state index contributed by atoms with van der Waals surface area (Å²) in [5, 5.41) is 9.10. The molecule has 2 aliphatic carbocycles. The van der Waals surface area contributed by atoms with Crippen LogP contribution in [0.5, 0.6) is 0 Å². The van der Waals surface area contributed by atoms with Crippen LogP contribution in [-0.2, 0) is 4.79 Å². The van der Waals surface area contributed by atoms with Gasteiger partial charge in [-0.3, -0.25) is 4.79 Å². The van der Waals surface area contributed by atoms with Crippen LogP contribution < -0.4 is 0 Å². The number of aliphatic hydroxyl groups excluding tert-OH is 1. The van der Waals surface area contributed by atoms with Crippen molar-refractivity contribution in [1.82, 2.24) is 0 Å². The predicted octanol–water partition coefficient (Wildman–Crippen LogP) is 5.93. The standard InChI is InChI=1S/C14H26.C8H14O2/c1-5-7-14-10-13(11(3)4)9-8-12(14)6-2;1-6(9)7-2-4-8(10)5-3-7/h12-14H,3,5-10H2,1-2,4H3;7-8,10H,2-5H2,1H3. The molecule has 0 aromatic carbocycles. The van der Waals surface area contributed by atoms with Crippen LogP contribution in [0.4, 0.5) is 0 Å². The lowest BCUT2D eigenvalue weighted by atomic mass is 9.70. The van der Waals surface area contributed by atoms with E-state index >= 15 is 0 Å². The van der Waals surface area contributed by atoms with E-state index in [2.05, 4.69) is 27.4 Å². The second-order valence-electron chi connectivity index (χ2n) is 8.19. The third-order valence-corrected chi connectivity index (χ3v) is 6.29. The molecule has 0 bridgehead atoms. The Morgan fingerprint density at radius 3 is 2.00 bits per heavy atom. The minimum Gasteiger partial charge on any atom is -0.393 e. The highest BCUT2D eigenvalue weighted by atomic mass is 16.3. The number of rotatable bonds is 5. The predicted molar refractivity (Wildman–Crippen MR) is 103 cm³/mol. The molecule has 2 saturated carbocycles. The maximum atomic E-state index is 10.8. The number of ketones is 1. The molecule has 1 N–H and O–H groups in total. The lowest BCUT2D eigenvalue weighted by Gasteiger charge is -2.36. The van der Waals surface area contributed by atoms with E-state index in [0.717, 1.165) is 43.4 Å². The van der Waals surface area contributed by atoms with Gasteiger partial charge in [-0.15, -0.1) is 0 Å². The monoisotopic (exact) mass is 336 g/mol. The number of carbonyl (C=O) groups excluding carboxylic acids is 1. The summed E-state index contributed by atoms with van der Waals surface area (Å²) in [5.74, 6) is 3.34. The fourth-order valence-electron chi connectivity index (χ4n) is 4.52. The maximum Gasteiger partial charge on any atom is 0.132 e. The van der Waals surface area contributed by atoms with Crippen molar-refractivity contribution in [3.63, 3.8) is 0 Å². The highest BCUT2D eigenvalue weighted by Gasteiger charge is 2.28. The molecule has 2 aliphatic rings. The Labute approximate surface area is 150 Å². The van der Waals surface area contributed by atoms with Crippen LogP contribution in [-0.4, -0.2) is 17.0 Å². The molecule has 140 valence electrons. The minimum absolute atomic E-state index is 0.143. The van der Waals surface area contributed by atoms with Crippen LogP contribution in [0.1, 0.15) is 91.9 Å². The van der Waals surface area contributed by atoms with Gasteiger partial charge in [0.2, 0.25) is 0 Å². The van der Waals surface area contributed by atoms with Crippen molar-refractivity contribution in [2.24, 2.45) is 23.7 Å². The Hall–Kier alpha value is -0.630. The number of Topliss-reactive ketones (excluding diaryl/α,β-unsaturated/α-hetero) is 1. The van der Waals surface area contributed by atoms with E-state index in [0.29, 0.717) is 0 Å². The molecule has 0 radical (unpaired) electrons. The molecule has 0 aliphatic heterocycles. The molecular weight excluding hydrogens is 296 g/mol. The van der Waals surface area contributed by atoms with E-state index in [1.54, 1.807) is 6.92 Å². The van der Waals surface area contributed by atoms with Gasteiger partial charge in [-0.2, -0.15) is 0 Å². The molecule has 2 rings (SSSR count). The van der Waals surface area contributed by atoms with Gasteiger partial charge in [-0.1, -0.05) is 45.3 Å². The van der Waals surface area contributed by atoms with Gasteiger partial charge in [0.05, 0.1) is 6.10 Å². The molecular formula is C22H40O2. The van der Waals surface area contributed by atoms with Crippen molar-refractivity contribution < 1.29 is 9.90 Å². The van der Waals surface area contributed by atoms with Gasteiger partial charge in [0.1, 0.15) is 5.78 Å². The normalized spacial score (nSPS) is 33.3. The second kappa shape index (κ2) is 11.1. The summed E-state index contributed by atoms with van der Waals surface area (Å²) in [7, 11) is 0. The molecule has 0 heterocycles. The van der Waals surface area contributed by atoms with E-state index in [4.69, 9.17) is 5.11 Å². The van der Waals surface area contributed by atoms with E-state index in [1.807, 2.05) is 0 Å². The van der Waals surface area contributed by atoms with Gasteiger partial charge < -0.3 is 5.11 Å². The zero-order chi connectivity index (χ0) is 18.1. The first kappa shape index (κ1) is 21.4. The molecule has 2 nitrogen and oxygen atoms in total. The topological polar surface area (TPSA) is 37.3 Å². The smallest absolute Gasteiger partial charge is 0.132 e. The number of allylic oxidation sites excluding steroid dienone is 1. The molecule has 0 aromatic rings. The van der Waals surface area contributed by atoms with Crippen molar-refractivity contribution in [2.45, 2.75) is 98.0 Å². The number of carbonyl (C=O) groups is 1. The first-order valence-corrected chi connectivity index (χ1v) is 10.2. The summed E-state index contributed by atoms with van der Waals surface area (Å²) in [6, 6.07) is 0. The summed E-state index contributed by atoms with van der Waals surface area (Å²) >= 11 is 0. The Morgan fingerprint density at radius 2 is 1.54 bits per heavy atom. The summed E-state index contributed by atoms with van der Waals surface area (Å²) in [6.45, 7) is 12.6. The third kappa shape index (κ3) is 7.09. The van der Waals surface area contributed by atoms with Gasteiger partial charge >= 0.3 is 0 Å². The average Bonchev–Trinajstić information content (AvgIpc) is 2.56. The van der Waals surface area contributed by atoms with E-state index < -0.39 is 0 Å². The van der Waals surface area contributed by atoms with Crippen LogP contribution in [0.3, 0.4) is 0 Å². The third-order valence-electron chi connectivity index (χ3n) is 6.29. The summed E-state index contributed by atoms with van der Waals surface area (Å²) < 4.78 is 0. The van der Waals surface area contributed by atoms with Crippen molar-refractivity contribution in [3.8, 4) is 0 Å². The van der Waals surface area contributed by atoms with Gasteiger partial charge in [-0.25, -0.2) is 0 Å². The van der Waals surface area contributed by atoms with Crippen molar-refractivity contribution in [2.75, 3.05) is 0 Å². The lowest BCUT2D eigenvalue weighted by molar-refractivity contribution is -0.122. The first-order valence-electron chi connectivity index (χ1n) is 10.2. The Bertz CT molecular complexity index is 379. The molecule has 3 unspecified atom stereocenters. The first-order chi connectivity index (χ1) is 11.4. The number of aliphatic hydroxyl groups is 1. The van der Waals surface area contributed by atoms with Crippen molar-refractivity contribution >= 4 is 5.78 Å². The molecule has 0 spiro atoms. The molecule has 0 amide bonds. The van der Waals surface area contributed by atoms with Crippen LogP contribution in [0, 0.1) is 23.7 Å². The highest BCUT2D eigenvalue weighted by Crippen LogP contribution is 2.40. The maximum absolute atomic E-state index is 10.8. The molecule has 2 heteroatoms. The second-order valence-corrected chi connectivity index (χ2v) is 8.19. The van der Waals surface area contributed by atoms with E-state index in [9.17, 15) is 4.79 Å². The van der Waals surface area contributed by atoms with E-state index in [1.165, 1.54) is 44.1 Å². The van der Waals surface area contributed by atoms with Crippen LogP contribution >= 0.6 is 0 Å². The highest BCUT2D eigenvalue weighted by molar-refractivity contribution is 5.78.